The Kier molecular flexibility index (Phi) is 3.54. The van der Waals surface area contributed by atoms with Crippen molar-refractivity contribution in [3.63, 3.8) is 0 Å². The van der Waals surface area contributed by atoms with Crippen molar-refractivity contribution in [2.45, 2.75) is 32.2 Å². The Balaban J connectivity index is 1.83. The fraction of sp³-hybridized carbons (Fsp3) is 0.294. The molecule has 0 unspecified atom stereocenters. The molecular formula is C17H18BNO2. The minimum atomic E-state index is -0.574. The minimum Gasteiger partial charge on any atom is -0.449 e. The lowest BCUT2D eigenvalue weighted by atomic mass is 9.68. The number of carbonyl (C=O) groups excluding carboxylic acids is 1. The summed E-state index contributed by atoms with van der Waals surface area (Å²) >= 11 is 0. The van der Waals surface area contributed by atoms with Crippen LogP contribution in [-0.2, 0) is 16.7 Å². The first kappa shape index (κ1) is 13.9. The SMILES string of the molecule is CC[C@@]1(C)OC(=O)c2ccc(BCc3ccccc3)nc21. The average Bonchev–Trinajstić information content (AvgIpc) is 2.78. The van der Waals surface area contributed by atoms with Crippen LogP contribution < -0.4 is 5.59 Å². The van der Waals surface area contributed by atoms with Gasteiger partial charge in [0.2, 0.25) is 0 Å². The third-order valence-electron chi connectivity index (χ3n) is 4.18. The Morgan fingerprint density at radius 1 is 1.19 bits per heavy atom. The van der Waals surface area contributed by atoms with Crippen LogP contribution in [0.3, 0.4) is 0 Å². The molecule has 1 aliphatic heterocycles. The zero-order valence-electron chi connectivity index (χ0n) is 12.4. The van der Waals surface area contributed by atoms with E-state index in [1.165, 1.54) is 5.56 Å². The second kappa shape index (κ2) is 5.36. The first-order valence-corrected chi connectivity index (χ1v) is 7.40. The molecule has 1 aromatic carbocycles. The van der Waals surface area contributed by atoms with E-state index in [-0.39, 0.29) is 5.97 Å². The van der Waals surface area contributed by atoms with Gasteiger partial charge in [0.25, 0.3) is 0 Å². The van der Waals surface area contributed by atoms with E-state index in [0.29, 0.717) is 5.56 Å². The van der Waals surface area contributed by atoms with E-state index < -0.39 is 5.60 Å². The minimum absolute atomic E-state index is 0.253. The highest BCUT2D eigenvalue weighted by Gasteiger charge is 2.41. The number of hydrogen-bond acceptors (Lipinski definition) is 3. The number of rotatable bonds is 4. The van der Waals surface area contributed by atoms with E-state index in [2.05, 4.69) is 12.1 Å². The zero-order chi connectivity index (χ0) is 14.9. The molecular weight excluding hydrogens is 261 g/mol. The second-order valence-electron chi connectivity index (χ2n) is 5.66. The highest BCUT2D eigenvalue weighted by molar-refractivity contribution is 6.51. The molecule has 0 bridgehead atoms. The molecule has 0 saturated heterocycles. The van der Waals surface area contributed by atoms with Gasteiger partial charge >= 0.3 is 5.97 Å². The second-order valence-corrected chi connectivity index (χ2v) is 5.66. The number of pyridine rings is 1. The summed E-state index contributed by atoms with van der Waals surface area (Å²) in [5, 5.41) is 0. The summed E-state index contributed by atoms with van der Waals surface area (Å²) in [4.78, 5) is 16.6. The van der Waals surface area contributed by atoms with Crippen molar-refractivity contribution in [2.75, 3.05) is 0 Å². The first-order chi connectivity index (χ1) is 10.1. The van der Waals surface area contributed by atoms with Crippen LogP contribution in [0.25, 0.3) is 0 Å². The largest absolute Gasteiger partial charge is 0.449 e. The summed E-state index contributed by atoms with van der Waals surface area (Å²) in [6, 6.07) is 14.1. The van der Waals surface area contributed by atoms with Crippen molar-refractivity contribution in [1.29, 1.82) is 0 Å². The predicted octanol–water partition coefficient (Wildman–Crippen LogP) is 2.14. The van der Waals surface area contributed by atoms with Crippen LogP contribution in [0.2, 0.25) is 0 Å². The van der Waals surface area contributed by atoms with Crippen LogP contribution in [-0.4, -0.2) is 18.2 Å². The fourth-order valence-electron chi connectivity index (χ4n) is 2.67. The lowest BCUT2D eigenvalue weighted by Crippen LogP contribution is -2.27. The number of fused-ring (bicyclic) bond motifs is 1. The van der Waals surface area contributed by atoms with Gasteiger partial charge in [-0.15, -0.1) is 0 Å². The molecule has 4 heteroatoms. The molecule has 1 aromatic heterocycles. The highest BCUT2D eigenvalue weighted by atomic mass is 16.6. The summed E-state index contributed by atoms with van der Waals surface area (Å²) in [6.45, 7) is 3.95. The quantitative estimate of drug-likeness (QED) is 0.636. The van der Waals surface area contributed by atoms with Crippen molar-refractivity contribution in [3.05, 3.63) is 59.3 Å². The van der Waals surface area contributed by atoms with Gasteiger partial charge in [0, 0.05) is 5.59 Å². The predicted molar refractivity (Wildman–Crippen MR) is 84.2 cm³/mol. The number of benzene rings is 1. The number of ether oxygens (including phenoxy) is 1. The molecule has 0 saturated carbocycles. The molecule has 0 fully saturated rings. The van der Waals surface area contributed by atoms with Crippen LogP contribution >= 0.6 is 0 Å². The van der Waals surface area contributed by atoms with Crippen molar-refractivity contribution in [3.8, 4) is 0 Å². The summed E-state index contributed by atoms with van der Waals surface area (Å²) in [5.41, 5.74) is 3.14. The van der Waals surface area contributed by atoms with Crippen molar-refractivity contribution in [2.24, 2.45) is 0 Å². The number of hydrogen-bond donors (Lipinski definition) is 0. The lowest BCUT2D eigenvalue weighted by molar-refractivity contribution is -0.00218. The van der Waals surface area contributed by atoms with Gasteiger partial charge in [0.1, 0.15) is 0 Å². The summed E-state index contributed by atoms with van der Waals surface area (Å²) in [7, 11) is 0.866. The molecule has 106 valence electrons. The highest BCUT2D eigenvalue weighted by Crippen LogP contribution is 2.36. The molecule has 0 spiro atoms. The molecule has 1 atom stereocenters. The summed E-state index contributed by atoms with van der Waals surface area (Å²) < 4.78 is 5.48. The summed E-state index contributed by atoms with van der Waals surface area (Å²) in [5.74, 6) is -0.253. The van der Waals surface area contributed by atoms with E-state index >= 15 is 0 Å². The van der Waals surface area contributed by atoms with Gasteiger partial charge in [0.05, 0.1) is 11.3 Å². The Bertz CT molecular complexity index is 672. The Morgan fingerprint density at radius 2 is 1.95 bits per heavy atom. The molecule has 0 amide bonds. The Morgan fingerprint density at radius 3 is 2.67 bits per heavy atom. The number of nitrogens with zero attached hydrogens (tertiary/aromatic N) is 1. The molecule has 21 heavy (non-hydrogen) atoms. The summed E-state index contributed by atoms with van der Waals surface area (Å²) in [6.07, 6.45) is 1.69. The van der Waals surface area contributed by atoms with Gasteiger partial charge in [-0.05, 0) is 31.8 Å². The fourth-order valence-corrected chi connectivity index (χ4v) is 2.67. The van der Waals surface area contributed by atoms with E-state index in [4.69, 9.17) is 9.72 Å². The maximum Gasteiger partial charge on any atom is 0.341 e. The van der Waals surface area contributed by atoms with E-state index in [9.17, 15) is 4.79 Å². The Hall–Kier alpha value is -2.10. The molecule has 2 aromatic rings. The average molecular weight is 279 g/mol. The van der Waals surface area contributed by atoms with Gasteiger partial charge in [0.15, 0.2) is 12.9 Å². The van der Waals surface area contributed by atoms with Crippen LogP contribution in [0, 0.1) is 0 Å². The van der Waals surface area contributed by atoms with Crippen molar-refractivity contribution in [1.82, 2.24) is 4.98 Å². The normalized spacial score (nSPS) is 20.0. The van der Waals surface area contributed by atoms with Crippen LogP contribution in [0.15, 0.2) is 42.5 Å². The number of carbonyl (C=O) groups is 1. The number of cyclic esters (lactones) is 1. The van der Waals surface area contributed by atoms with Crippen molar-refractivity contribution >= 4 is 18.8 Å². The van der Waals surface area contributed by atoms with Crippen LogP contribution in [0.4, 0.5) is 0 Å². The maximum atomic E-state index is 11.9. The number of esters is 1. The zero-order valence-corrected chi connectivity index (χ0v) is 12.4. The number of aromatic nitrogens is 1. The molecule has 3 nitrogen and oxygen atoms in total. The van der Waals surface area contributed by atoms with E-state index in [1.807, 2.05) is 44.2 Å². The van der Waals surface area contributed by atoms with E-state index in [0.717, 1.165) is 31.3 Å². The Labute approximate surface area is 125 Å². The van der Waals surface area contributed by atoms with Gasteiger partial charge in [-0.2, -0.15) is 0 Å². The third-order valence-corrected chi connectivity index (χ3v) is 4.18. The van der Waals surface area contributed by atoms with Crippen LogP contribution in [0.1, 0.15) is 41.9 Å². The van der Waals surface area contributed by atoms with Gasteiger partial charge in [-0.25, -0.2) is 4.79 Å². The standard InChI is InChI=1S/C17H18BNO2/c1-3-17(2)15-13(16(20)21-17)9-10-14(19-15)18-11-12-7-5-4-6-8-12/h4-10,18H,3,11H2,1-2H3/t17-/m1/s1. The van der Waals surface area contributed by atoms with Crippen LogP contribution in [0.5, 0.6) is 0 Å². The van der Waals surface area contributed by atoms with E-state index in [1.54, 1.807) is 0 Å². The van der Waals surface area contributed by atoms with Gasteiger partial charge < -0.3 is 4.74 Å². The molecule has 0 N–H and O–H groups in total. The maximum absolute atomic E-state index is 11.9. The first-order valence-electron chi connectivity index (χ1n) is 7.40. The smallest absolute Gasteiger partial charge is 0.341 e. The van der Waals surface area contributed by atoms with Crippen molar-refractivity contribution < 1.29 is 9.53 Å². The lowest BCUT2D eigenvalue weighted by Gasteiger charge is -2.21. The topological polar surface area (TPSA) is 39.2 Å². The molecule has 0 aliphatic carbocycles. The van der Waals surface area contributed by atoms with Gasteiger partial charge in [-0.1, -0.05) is 42.8 Å². The third kappa shape index (κ3) is 2.58. The molecule has 3 rings (SSSR count). The molecule has 0 radical (unpaired) electrons. The van der Waals surface area contributed by atoms with Gasteiger partial charge in [-0.3, -0.25) is 4.98 Å². The molecule has 1 aliphatic rings. The monoisotopic (exact) mass is 279 g/mol. The molecule has 2 heterocycles.